The van der Waals surface area contributed by atoms with Gasteiger partial charge in [-0.15, -0.1) is 0 Å². The number of aromatic amines is 1. The summed E-state index contributed by atoms with van der Waals surface area (Å²) in [4.78, 5) is 20.9. The Balaban J connectivity index is 1.58. The van der Waals surface area contributed by atoms with E-state index in [1.54, 1.807) is 50.0 Å². The van der Waals surface area contributed by atoms with Gasteiger partial charge < -0.3 is 23.9 Å². The fourth-order valence-corrected chi connectivity index (χ4v) is 4.13. The van der Waals surface area contributed by atoms with Gasteiger partial charge in [0.25, 0.3) is 0 Å². The molecule has 0 bridgehead atoms. The number of benzene rings is 1. The summed E-state index contributed by atoms with van der Waals surface area (Å²) in [5, 5.41) is 3.59. The van der Waals surface area contributed by atoms with Gasteiger partial charge in [-0.1, -0.05) is 30.3 Å². The van der Waals surface area contributed by atoms with Gasteiger partial charge in [-0.3, -0.25) is 4.79 Å². The van der Waals surface area contributed by atoms with Crippen LogP contribution in [0.2, 0.25) is 5.02 Å². The molecule has 2 N–H and O–H groups in total. The number of hydrogen-bond acceptors (Lipinski definition) is 6. The van der Waals surface area contributed by atoms with E-state index < -0.39 is 5.25 Å². The number of carbonyl (C=O) groups excluding carboxylic acids is 1. The van der Waals surface area contributed by atoms with Crippen LogP contribution in [0.3, 0.4) is 0 Å². The number of rotatable bonds is 8. The maximum Gasteiger partial charge on any atom is 0.238 e. The van der Waals surface area contributed by atoms with Gasteiger partial charge in [-0.05, 0) is 48.9 Å². The van der Waals surface area contributed by atoms with Crippen LogP contribution in [-0.4, -0.2) is 28.2 Å². The molecule has 0 aliphatic heterocycles. The number of H-pyrrole nitrogens is 1. The molecule has 0 spiro atoms. The summed E-state index contributed by atoms with van der Waals surface area (Å²) in [7, 11) is 1.54. The Hall–Kier alpha value is -3.10. The summed E-state index contributed by atoms with van der Waals surface area (Å²) in [5.74, 6) is 1.60. The first-order valence-electron chi connectivity index (χ1n) is 9.57. The fourth-order valence-electron chi connectivity index (χ4n) is 3.05. The van der Waals surface area contributed by atoms with E-state index in [0.29, 0.717) is 50.9 Å². The molecule has 0 saturated carbocycles. The number of anilines is 1. The molecule has 0 aliphatic rings. The number of hydrogen-bond donors (Lipinski definition) is 2. The number of halogens is 1. The number of furan rings is 2. The zero-order valence-electron chi connectivity index (χ0n) is 16.8. The van der Waals surface area contributed by atoms with Crippen LogP contribution >= 0.6 is 23.4 Å². The lowest BCUT2D eigenvalue weighted by molar-refractivity contribution is -0.115. The molecule has 0 radical (unpaired) electrons. The molecule has 4 aromatic rings. The average Bonchev–Trinajstić information content (AvgIpc) is 3.53. The summed E-state index contributed by atoms with van der Waals surface area (Å²) in [6.45, 7) is 1.94. The number of ether oxygens (including phenoxy) is 1. The van der Waals surface area contributed by atoms with Gasteiger partial charge in [0.15, 0.2) is 16.7 Å². The van der Waals surface area contributed by atoms with Crippen LogP contribution in [0.15, 0.2) is 69.0 Å². The predicted molar refractivity (Wildman–Crippen MR) is 121 cm³/mol. The normalized spacial score (nSPS) is 12.0. The van der Waals surface area contributed by atoms with Crippen LogP contribution in [0.5, 0.6) is 5.75 Å². The van der Waals surface area contributed by atoms with E-state index in [1.807, 2.05) is 19.1 Å². The van der Waals surface area contributed by atoms with Crippen molar-refractivity contribution in [3.63, 3.8) is 0 Å². The Labute approximate surface area is 188 Å². The van der Waals surface area contributed by atoms with Crippen molar-refractivity contribution in [1.82, 2.24) is 9.97 Å². The molecule has 1 unspecified atom stereocenters. The third-order valence-corrected chi connectivity index (χ3v) is 6.02. The third-order valence-electron chi connectivity index (χ3n) is 4.54. The maximum atomic E-state index is 13.0. The van der Waals surface area contributed by atoms with Crippen molar-refractivity contribution in [3.8, 4) is 28.7 Å². The van der Waals surface area contributed by atoms with Crippen molar-refractivity contribution in [2.75, 3.05) is 12.4 Å². The minimum Gasteiger partial charge on any atom is -0.495 e. The van der Waals surface area contributed by atoms with Crippen LogP contribution in [-0.2, 0) is 4.79 Å². The lowest BCUT2D eigenvalue weighted by Crippen LogP contribution is -2.25. The first kappa shape index (κ1) is 21.1. The van der Waals surface area contributed by atoms with Crippen molar-refractivity contribution in [3.05, 3.63) is 60.0 Å². The Morgan fingerprint density at radius 3 is 2.61 bits per heavy atom. The Bertz CT molecular complexity index is 1100. The topological polar surface area (TPSA) is 93.3 Å². The largest absolute Gasteiger partial charge is 0.495 e. The highest BCUT2D eigenvalue weighted by atomic mass is 35.5. The quantitative estimate of drug-likeness (QED) is 0.310. The fraction of sp³-hybridized carbons (Fsp3) is 0.182. The van der Waals surface area contributed by atoms with E-state index in [-0.39, 0.29) is 5.91 Å². The molecular weight excluding hydrogens is 438 g/mol. The van der Waals surface area contributed by atoms with Crippen molar-refractivity contribution >= 4 is 35.0 Å². The molecule has 31 heavy (non-hydrogen) atoms. The number of nitrogens with one attached hydrogen (secondary N) is 2. The number of amides is 1. The highest BCUT2D eigenvalue weighted by Crippen LogP contribution is 2.35. The second-order valence-electron chi connectivity index (χ2n) is 6.57. The van der Waals surface area contributed by atoms with E-state index >= 15 is 0 Å². The number of thioether (sulfide) groups is 1. The minimum atomic E-state index is -0.399. The minimum absolute atomic E-state index is 0.177. The van der Waals surface area contributed by atoms with Gasteiger partial charge in [0.1, 0.15) is 17.1 Å². The summed E-state index contributed by atoms with van der Waals surface area (Å²) < 4.78 is 16.4. The Morgan fingerprint density at radius 1 is 1.23 bits per heavy atom. The Kier molecular flexibility index (Phi) is 6.39. The maximum absolute atomic E-state index is 13.0. The highest BCUT2D eigenvalue weighted by Gasteiger charge is 2.24. The van der Waals surface area contributed by atoms with Crippen LogP contribution < -0.4 is 10.1 Å². The predicted octanol–water partition coefficient (Wildman–Crippen LogP) is 6.10. The molecule has 9 heteroatoms. The lowest BCUT2D eigenvalue weighted by atomic mass is 10.2. The van der Waals surface area contributed by atoms with Crippen LogP contribution in [0.25, 0.3) is 22.9 Å². The van der Waals surface area contributed by atoms with Crippen molar-refractivity contribution in [2.45, 2.75) is 23.8 Å². The molecule has 3 aromatic heterocycles. The molecule has 3 heterocycles. The summed E-state index contributed by atoms with van der Waals surface area (Å²) in [5.41, 5.74) is 1.83. The van der Waals surface area contributed by atoms with E-state index in [9.17, 15) is 4.79 Å². The first-order valence-corrected chi connectivity index (χ1v) is 10.8. The first-order chi connectivity index (χ1) is 15.1. The standard InChI is InChI=1S/C22H20ClN3O4S/c1-3-18(21(27)24-14-12-13(23)8-9-15(14)28-2)31-22-25-19(16-6-4-10-29-16)20(26-22)17-7-5-11-30-17/h4-12,18H,3H2,1-2H3,(H,24,27)(H,25,26). The zero-order valence-corrected chi connectivity index (χ0v) is 18.4. The molecule has 0 fully saturated rings. The van der Waals surface area contributed by atoms with Gasteiger partial charge in [0, 0.05) is 5.02 Å². The second-order valence-corrected chi connectivity index (χ2v) is 8.20. The number of methoxy groups -OCH3 is 1. The lowest BCUT2D eigenvalue weighted by Gasteiger charge is -2.15. The van der Waals surface area contributed by atoms with Crippen LogP contribution in [0.1, 0.15) is 13.3 Å². The van der Waals surface area contributed by atoms with Crippen molar-refractivity contribution in [2.24, 2.45) is 0 Å². The molecule has 1 amide bonds. The van der Waals surface area contributed by atoms with Crippen LogP contribution in [0.4, 0.5) is 5.69 Å². The number of carbonyl (C=O) groups is 1. The number of nitrogens with zero attached hydrogens (tertiary/aromatic N) is 1. The van der Waals surface area contributed by atoms with Crippen molar-refractivity contribution in [1.29, 1.82) is 0 Å². The van der Waals surface area contributed by atoms with E-state index in [1.165, 1.54) is 11.8 Å². The molecule has 0 saturated heterocycles. The van der Waals surface area contributed by atoms with Gasteiger partial charge in [0.2, 0.25) is 5.91 Å². The van der Waals surface area contributed by atoms with Gasteiger partial charge in [-0.25, -0.2) is 4.98 Å². The number of imidazole rings is 1. The van der Waals surface area contributed by atoms with Crippen molar-refractivity contribution < 1.29 is 18.4 Å². The molecule has 1 aromatic carbocycles. The van der Waals surface area contributed by atoms with Crippen LogP contribution in [0, 0.1) is 0 Å². The van der Waals surface area contributed by atoms with E-state index in [4.69, 9.17) is 25.2 Å². The van der Waals surface area contributed by atoms with E-state index in [0.717, 1.165) is 0 Å². The molecule has 7 nitrogen and oxygen atoms in total. The SMILES string of the molecule is CCC(Sc1nc(-c2ccco2)c(-c2ccco2)[nH]1)C(=O)Nc1cc(Cl)ccc1OC. The summed E-state index contributed by atoms with van der Waals surface area (Å²) >= 11 is 7.40. The molecular formula is C22H20ClN3O4S. The highest BCUT2D eigenvalue weighted by molar-refractivity contribution is 8.00. The molecule has 160 valence electrons. The zero-order chi connectivity index (χ0) is 21.8. The second kappa shape index (κ2) is 9.36. The smallest absolute Gasteiger partial charge is 0.238 e. The summed E-state index contributed by atoms with van der Waals surface area (Å²) in [6.07, 6.45) is 3.77. The van der Waals surface area contributed by atoms with E-state index in [2.05, 4.69) is 15.3 Å². The third kappa shape index (κ3) is 4.65. The van der Waals surface area contributed by atoms with Gasteiger partial charge in [0.05, 0.1) is 30.6 Å². The van der Waals surface area contributed by atoms with Gasteiger partial charge in [-0.2, -0.15) is 0 Å². The Morgan fingerprint density at radius 2 is 1.97 bits per heavy atom. The average molecular weight is 458 g/mol. The monoisotopic (exact) mass is 457 g/mol. The molecule has 1 atom stereocenters. The van der Waals surface area contributed by atoms with Gasteiger partial charge >= 0.3 is 0 Å². The number of aromatic nitrogens is 2. The molecule has 4 rings (SSSR count). The molecule has 0 aliphatic carbocycles. The summed E-state index contributed by atoms with van der Waals surface area (Å²) in [6, 6.07) is 12.3.